The van der Waals surface area contributed by atoms with Crippen LogP contribution in [0.15, 0.2) is 18.2 Å². The molecular weight excluding hydrogens is 234 g/mol. The monoisotopic (exact) mass is 255 g/mol. The second-order valence-electron chi connectivity index (χ2n) is 4.59. The van der Waals surface area contributed by atoms with Gasteiger partial charge in [0.05, 0.1) is 5.75 Å². The molecule has 0 bridgehead atoms. The van der Waals surface area contributed by atoms with E-state index in [1.165, 1.54) is 22.9 Å². The predicted molar refractivity (Wildman–Crippen MR) is 72.0 cm³/mol. The minimum Gasteiger partial charge on any atom is -0.313 e. The number of benzene rings is 1. The molecule has 0 aliphatic heterocycles. The molecule has 3 nitrogen and oxygen atoms in total. The van der Waals surface area contributed by atoms with E-state index in [0.717, 1.165) is 13.1 Å². The van der Waals surface area contributed by atoms with Gasteiger partial charge >= 0.3 is 0 Å². The van der Waals surface area contributed by atoms with Crippen molar-refractivity contribution in [3.05, 3.63) is 34.9 Å². The van der Waals surface area contributed by atoms with Gasteiger partial charge in [0.15, 0.2) is 0 Å². The average molecular weight is 255 g/mol. The molecular formula is C13H21NO2S. The number of aryl methyl sites for hydroxylation is 2. The lowest BCUT2D eigenvalue weighted by Crippen LogP contribution is -2.18. The molecule has 96 valence electrons. The van der Waals surface area contributed by atoms with Crippen molar-refractivity contribution >= 4 is 9.84 Å². The van der Waals surface area contributed by atoms with Crippen LogP contribution in [0, 0.1) is 13.8 Å². The van der Waals surface area contributed by atoms with Crippen molar-refractivity contribution in [1.29, 1.82) is 0 Å². The molecule has 0 spiro atoms. The third-order valence-corrected chi connectivity index (χ3v) is 3.71. The molecule has 0 aliphatic rings. The van der Waals surface area contributed by atoms with Crippen LogP contribution in [0.25, 0.3) is 0 Å². The average Bonchev–Trinajstić information content (AvgIpc) is 2.18. The van der Waals surface area contributed by atoms with E-state index in [4.69, 9.17) is 0 Å². The zero-order valence-corrected chi connectivity index (χ0v) is 11.6. The molecule has 0 saturated heterocycles. The van der Waals surface area contributed by atoms with Crippen molar-refractivity contribution in [2.24, 2.45) is 0 Å². The molecule has 0 radical (unpaired) electrons. The summed E-state index contributed by atoms with van der Waals surface area (Å²) in [6, 6.07) is 6.38. The van der Waals surface area contributed by atoms with Gasteiger partial charge in [0.25, 0.3) is 0 Å². The fourth-order valence-electron chi connectivity index (χ4n) is 1.73. The maximum atomic E-state index is 10.9. The van der Waals surface area contributed by atoms with Gasteiger partial charge in [0.1, 0.15) is 9.84 Å². The predicted octanol–water partition coefficient (Wildman–Crippen LogP) is 1.83. The molecule has 0 aliphatic carbocycles. The van der Waals surface area contributed by atoms with Gasteiger partial charge in [0, 0.05) is 12.8 Å². The second-order valence-corrected chi connectivity index (χ2v) is 6.85. The lowest BCUT2D eigenvalue weighted by atomic mass is 10.1. The molecule has 4 heteroatoms. The molecule has 1 aromatic rings. The Labute approximate surface area is 104 Å². The van der Waals surface area contributed by atoms with Crippen molar-refractivity contribution in [2.45, 2.75) is 26.8 Å². The summed E-state index contributed by atoms with van der Waals surface area (Å²) in [6.45, 7) is 5.72. The smallest absolute Gasteiger partial charge is 0.147 e. The summed E-state index contributed by atoms with van der Waals surface area (Å²) >= 11 is 0. The van der Waals surface area contributed by atoms with Crippen LogP contribution in [0.3, 0.4) is 0 Å². The third kappa shape index (κ3) is 5.84. The van der Waals surface area contributed by atoms with E-state index in [1.54, 1.807) is 0 Å². The Hall–Kier alpha value is -0.870. The van der Waals surface area contributed by atoms with Crippen LogP contribution in [0.1, 0.15) is 23.1 Å². The number of rotatable bonds is 6. The molecule has 1 rings (SSSR count). The van der Waals surface area contributed by atoms with Crippen LogP contribution in [-0.2, 0) is 16.4 Å². The largest absolute Gasteiger partial charge is 0.313 e. The summed E-state index contributed by atoms with van der Waals surface area (Å²) in [6.07, 6.45) is 1.95. The first-order chi connectivity index (χ1) is 7.88. The molecule has 0 fully saturated rings. The van der Waals surface area contributed by atoms with Crippen molar-refractivity contribution in [3.8, 4) is 0 Å². The van der Waals surface area contributed by atoms with E-state index in [1.807, 2.05) is 0 Å². The minimum absolute atomic E-state index is 0.257. The van der Waals surface area contributed by atoms with Gasteiger partial charge in [0.2, 0.25) is 0 Å². The second kappa shape index (κ2) is 6.17. The van der Waals surface area contributed by atoms with E-state index < -0.39 is 9.84 Å². The summed E-state index contributed by atoms with van der Waals surface area (Å²) < 4.78 is 21.9. The minimum atomic E-state index is -2.82. The normalized spacial score (nSPS) is 11.7. The Kier molecular flexibility index (Phi) is 5.15. The third-order valence-electron chi connectivity index (χ3n) is 2.68. The Balaban J connectivity index is 2.32. The van der Waals surface area contributed by atoms with Crippen LogP contribution in [0.4, 0.5) is 0 Å². The highest BCUT2D eigenvalue weighted by Crippen LogP contribution is 2.09. The quantitative estimate of drug-likeness (QED) is 0.789. The molecule has 17 heavy (non-hydrogen) atoms. The Morgan fingerprint density at radius 3 is 2.53 bits per heavy atom. The van der Waals surface area contributed by atoms with Crippen LogP contribution in [0.2, 0.25) is 0 Å². The maximum Gasteiger partial charge on any atom is 0.147 e. The lowest BCUT2D eigenvalue weighted by molar-refractivity contribution is 0.594. The van der Waals surface area contributed by atoms with Gasteiger partial charge in [-0.15, -0.1) is 0 Å². The zero-order chi connectivity index (χ0) is 12.9. The molecule has 0 amide bonds. The fraction of sp³-hybridized carbons (Fsp3) is 0.538. The van der Waals surface area contributed by atoms with Gasteiger partial charge < -0.3 is 5.32 Å². The zero-order valence-electron chi connectivity index (χ0n) is 10.8. The van der Waals surface area contributed by atoms with Crippen LogP contribution in [-0.4, -0.2) is 27.0 Å². The van der Waals surface area contributed by atoms with Gasteiger partial charge in [-0.25, -0.2) is 8.42 Å². The first-order valence-corrected chi connectivity index (χ1v) is 7.89. The summed E-state index contributed by atoms with van der Waals surface area (Å²) in [7, 11) is -2.82. The van der Waals surface area contributed by atoms with Gasteiger partial charge in [-0.2, -0.15) is 0 Å². The number of hydrogen-bond acceptors (Lipinski definition) is 3. The first kappa shape index (κ1) is 14.2. The van der Waals surface area contributed by atoms with E-state index >= 15 is 0 Å². The SMILES string of the molecule is Cc1ccc(CNCCCS(C)(=O)=O)c(C)c1. The molecule has 0 aromatic heterocycles. The van der Waals surface area contributed by atoms with Gasteiger partial charge in [-0.1, -0.05) is 23.8 Å². The Bertz CT molecular complexity index is 466. The molecule has 0 unspecified atom stereocenters. The van der Waals surface area contributed by atoms with Crippen molar-refractivity contribution in [1.82, 2.24) is 5.32 Å². The molecule has 0 atom stereocenters. The van der Waals surface area contributed by atoms with E-state index in [2.05, 4.69) is 37.4 Å². The van der Waals surface area contributed by atoms with Gasteiger partial charge in [-0.3, -0.25) is 0 Å². The summed E-state index contributed by atoms with van der Waals surface area (Å²) in [5, 5.41) is 3.27. The number of nitrogens with one attached hydrogen (secondary N) is 1. The molecule has 1 aromatic carbocycles. The van der Waals surface area contributed by atoms with Crippen LogP contribution >= 0.6 is 0 Å². The van der Waals surface area contributed by atoms with Crippen molar-refractivity contribution < 1.29 is 8.42 Å². The highest BCUT2D eigenvalue weighted by Gasteiger charge is 2.01. The highest BCUT2D eigenvalue weighted by molar-refractivity contribution is 7.90. The molecule has 0 saturated carbocycles. The maximum absolute atomic E-state index is 10.9. The topological polar surface area (TPSA) is 46.2 Å². The lowest BCUT2D eigenvalue weighted by Gasteiger charge is -2.08. The van der Waals surface area contributed by atoms with E-state index in [9.17, 15) is 8.42 Å². The van der Waals surface area contributed by atoms with Crippen LogP contribution < -0.4 is 5.32 Å². The van der Waals surface area contributed by atoms with E-state index in [0.29, 0.717) is 6.42 Å². The number of hydrogen-bond donors (Lipinski definition) is 1. The molecule has 1 N–H and O–H groups in total. The van der Waals surface area contributed by atoms with Crippen molar-refractivity contribution in [2.75, 3.05) is 18.6 Å². The highest BCUT2D eigenvalue weighted by atomic mass is 32.2. The molecule has 0 heterocycles. The summed E-state index contributed by atoms with van der Waals surface area (Å²) in [5.41, 5.74) is 3.82. The summed E-state index contributed by atoms with van der Waals surface area (Å²) in [4.78, 5) is 0. The summed E-state index contributed by atoms with van der Waals surface area (Å²) in [5.74, 6) is 0.257. The van der Waals surface area contributed by atoms with Crippen molar-refractivity contribution in [3.63, 3.8) is 0 Å². The Morgan fingerprint density at radius 2 is 1.94 bits per heavy atom. The Morgan fingerprint density at radius 1 is 1.24 bits per heavy atom. The van der Waals surface area contributed by atoms with Crippen LogP contribution in [0.5, 0.6) is 0 Å². The van der Waals surface area contributed by atoms with E-state index in [-0.39, 0.29) is 5.75 Å². The van der Waals surface area contributed by atoms with Gasteiger partial charge in [-0.05, 0) is 37.9 Å². The first-order valence-electron chi connectivity index (χ1n) is 5.83. The standard InChI is InChI=1S/C13H21NO2S/c1-11-5-6-13(12(2)9-11)10-14-7-4-8-17(3,15)16/h5-6,9,14H,4,7-8,10H2,1-3H3. The number of sulfone groups is 1. The fourth-order valence-corrected chi connectivity index (χ4v) is 2.40.